The van der Waals surface area contributed by atoms with Gasteiger partial charge in [0.05, 0.1) is 17.0 Å². The van der Waals surface area contributed by atoms with E-state index in [1.165, 1.54) is 0 Å². The first-order chi connectivity index (χ1) is 9.37. The highest BCUT2D eigenvalue weighted by Crippen LogP contribution is 2.24. The minimum Gasteiger partial charge on any atom is -0.451 e. The molecule has 6 heteroatoms. The molecule has 0 bridgehead atoms. The third-order valence-electron chi connectivity index (χ3n) is 3.57. The van der Waals surface area contributed by atoms with E-state index in [1.54, 1.807) is 19.1 Å². The molecule has 1 aromatic carbocycles. The predicted octanol–water partition coefficient (Wildman–Crippen LogP) is 1.74. The fourth-order valence-electron chi connectivity index (χ4n) is 2.54. The monoisotopic (exact) mass is 293 g/mol. The molecule has 0 saturated carbocycles. The quantitative estimate of drug-likeness (QED) is 0.915. The fraction of sp³-hybridized carbons (Fsp3) is 0.357. The SMILES string of the molecule is CC1(NC(=O)c2cc3ccccc3o2)CCS(=O)(=O)C1. The lowest BCUT2D eigenvalue weighted by Gasteiger charge is -2.22. The van der Waals surface area contributed by atoms with Crippen LogP contribution in [-0.4, -0.2) is 31.4 Å². The van der Waals surface area contributed by atoms with Crippen LogP contribution in [0.4, 0.5) is 0 Å². The maximum absolute atomic E-state index is 12.2. The van der Waals surface area contributed by atoms with Crippen LogP contribution >= 0.6 is 0 Å². The number of fused-ring (bicyclic) bond motifs is 1. The van der Waals surface area contributed by atoms with Gasteiger partial charge in [0.15, 0.2) is 15.6 Å². The first kappa shape index (κ1) is 13.2. The van der Waals surface area contributed by atoms with Gasteiger partial charge in [0.1, 0.15) is 5.58 Å². The van der Waals surface area contributed by atoms with Crippen molar-refractivity contribution in [2.45, 2.75) is 18.9 Å². The second-order valence-electron chi connectivity index (χ2n) is 5.51. The Bertz CT molecular complexity index is 744. The average Bonchev–Trinajstić information content (AvgIpc) is 2.90. The molecule has 1 N–H and O–H groups in total. The number of carbonyl (C=O) groups excluding carboxylic acids is 1. The molecule has 1 fully saturated rings. The van der Waals surface area contributed by atoms with Gasteiger partial charge in [-0.3, -0.25) is 4.79 Å². The Hall–Kier alpha value is -1.82. The third kappa shape index (κ3) is 2.43. The van der Waals surface area contributed by atoms with Crippen LogP contribution < -0.4 is 5.32 Å². The summed E-state index contributed by atoms with van der Waals surface area (Å²) in [4.78, 5) is 12.2. The molecule has 1 amide bonds. The normalized spacial score (nSPS) is 24.9. The molecule has 20 heavy (non-hydrogen) atoms. The molecule has 106 valence electrons. The van der Waals surface area contributed by atoms with Crippen LogP contribution in [0.5, 0.6) is 0 Å². The minimum atomic E-state index is -3.05. The van der Waals surface area contributed by atoms with Crippen molar-refractivity contribution in [3.63, 3.8) is 0 Å². The van der Waals surface area contributed by atoms with E-state index in [4.69, 9.17) is 4.42 Å². The van der Waals surface area contributed by atoms with Crippen LogP contribution in [0.2, 0.25) is 0 Å². The van der Waals surface area contributed by atoms with Gasteiger partial charge in [-0.15, -0.1) is 0 Å². The first-order valence-corrected chi connectivity index (χ1v) is 8.21. The van der Waals surface area contributed by atoms with Crippen molar-refractivity contribution < 1.29 is 17.6 Å². The summed E-state index contributed by atoms with van der Waals surface area (Å²) in [7, 11) is -3.05. The molecular formula is C14H15NO4S. The number of para-hydroxylation sites is 1. The maximum Gasteiger partial charge on any atom is 0.287 e. The Morgan fingerprint density at radius 3 is 2.75 bits per heavy atom. The van der Waals surface area contributed by atoms with Crippen LogP contribution in [0, 0.1) is 0 Å². The molecule has 1 aliphatic heterocycles. The molecule has 5 nitrogen and oxygen atoms in total. The standard InChI is InChI=1S/C14H15NO4S/c1-14(6-7-20(17,18)9-14)15-13(16)12-8-10-4-2-3-5-11(10)19-12/h2-5,8H,6-7,9H2,1H3,(H,15,16). The number of benzene rings is 1. The number of carbonyl (C=O) groups is 1. The van der Waals surface area contributed by atoms with E-state index in [-0.39, 0.29) is 23.2 Å². The lowest BCUT2D eigenvalue weighted by Crippen LogP contribution is -2.46. The van der Waals surface area contributed by atoms with Gasteiger partial charge in [0.2, 0.25) is 0 Å². The summed E-state index contributed by atoms with van der Waals surface area (Å²) in [5.41, 5.74) is -0.0728. The zero-order chi connectivity index (χ0) is 14.4. The molecular weight excluding hydrogens is 278 g/mol. The molecule has 0 radical (unpaired) electrons. The zero-order valence-electron chi connectivity index (χ0n) is 11.0. The van der Waals surface area contributed by atoms with Crippen LogP contribution in [0.1, 0.15) is 23.9 Å². The number of hydrogen-bond acceptors (Lipinski definition) is 4. The van der Waals surface area contributed by atoms with Crippen LogP contribution in [0.15, 0.2) is 34.7 Å². The van der Waals surface area contributed by atoms with Crippen molar-refractivity contribution in [2.75, 3.05) is 11.5 Å². The number of rotatable bonds is 2. The Balaban J connectivity index is 1.83. The largest absolute Gasteiger partial charge is 0.451 e. The van der Waals surface area contributed by atoms with Crippen LogP contribution in [-0.2, 0) is 9.84 Å². The molecule has 3 rings (SSSR count). The lowest BCUT2D eigenvalue weighted by atomic mass is 10.0. The summed E-state index contributed by atoms with van der Waals surface area (Å²) < 4.78 is 28.5. The molecule has 0 spiro atoms. The van der Waals surface area contributed by atoms with Crippen LogP contribution in [0.3, 0.4) is 0 Å². The van der Waals surface area contributed by atoms with Crippen molar-refractivity contribution in [3.8, 4) is 0 Å². The summed E-state index contributed by atoms with van der Waals surface area (Å²) >= 11 is 0. The molecule has 1 aliphatic rings. The Kier molecular flexibility index (Phi) is 2.86. The van der Waals surface area contributed by atoms with Gasteiger partial charge in [-0.1, -0.05) is 18.2 Å². The highest BCUT2D eigenvalue weighted by Gasteiger charge is 2.39. The van der Waals surface area contributed by atoms with Gasteiger partial charge in [0.25, 0.3) is 5.91 Å². The number of nitrogens with one attached hydrogen (secondary N) is 1. The number of amides is 1. The summed E-state index contributed by atoms with van der Waals surface area (Å²) in [6, 6.07) is 9.01. The lowest BCUT2D eigenvalue weighted by molar-refractivity contribution is 0.0889. The highest BCUT2D eigenvalue weighted by molar-refractivity contribution is 7.91. The molecule has 1 saturated heterocycles. The van der Waals surface area contributed by atoms with E-state index >= 15 is 0 Å². The molecule has 0 aliphatic carbocycles. The topological polar surface area (TPSA) is 76.4 Å². The van der Waals surface area contributed by atoms with Crippen molar-refractivity contribution in [2.24, 2.45) is 0 Å². The number of sulfone groups is 1. The van der Waals surface area contributed by atoms with E-state index in [0.717, 1.165) is 5.39 Å². The van der Waals surface area contributed by atoms with E-state index in [2.05, 4.69) is 5.32 Å². The Morgan fingerprint density at radius 1 is 1.35 bits per heavy atom. The summed E-state index contributed by atoms with van der Waals surface area (Å²) in [5, 5.41) is 3.63. The molecule has 2 aromatic rings. The maximum atomic E-state index is 12.2. The Morgan fingerprint density at radius 2 is 2.10 bits per heavy atom. The average molecular weight is 293 g/mol. The second-order valence-corrected chi connectivity index (χ2v) is 7.69. The molecule has 2 heterocycles. The zero-order valence-corrected chi connectivity index (χ0v) is 11.9. The van der Waals surface area contributed by atoms with E-state index in [1.807, 2.05) is 18.2 Å². The van der Waals surface area contributed by atoms with Gasteiger partial charge in [-0.2, -0.15) is 0 Å². The van der Waals surface area contributed by atoms with E-state index < -0.39 is 15.4 Å². The molecule has 1 unspecified atom stereocenters. The van der Waals surface area contributed by atoms with E-state index in [0.29, 0.717) is 12.0 Å². The number of hydrogen-bond donors (Lipinski definition) is 1. The van der Waals surface area contributed by atoms with Crippen LogP contribution in [0.25, 0.3) is 11.0 Å². The first-order valence-electron chi connectivity index (χ1n) is 6.38. The second kappa shape index (κ2) is 4.34. The summed E-state index contributed by atoms with van der Waals surface area (Å²) in [6.45, 7) is 1.75. The van der Waals surface area contributed by atoms with Crippen molar-refractivity contribution in [3.05, 3.63) is 36.1 Å². The van der Waals surface area contributed by atoms with Gasteiger partial charge >= 0.3 is 0 Å². The van der Waals surface area contributed by atoms with Crippen molar-refractivity contribution in [1.82, 2.24) is 5.32 Å². The summed E-state index contributed by atoms with van der Waals surface area (Å²) in [6.07, 6.45) is 0.432. The van der Waals surface area contributed by atoms with E-state index in [9.17, 15) is 13.2 Å². The predicted molar refractivity (Wildman–Crippen MR) is 75.4 cm³/mol. The minimum absolute atomic E-state index is 0.0219. The fourth-order valence-corrected chi connectivity index (χ4v) is 4.63. The number of furan rings is 1. The van der Waals surface area contributed by atoms with Gasteiger partial charge < -0.3 is 9.73 Å². The highest BCUT2D eigenvalue weighted by atomic mass is 32.2. The van der Waals surface area contributed by atoms with Gasteiger partial charge in [-0.25, -0.2) is 8.42 Å². The van der Waals surface area contributed by atoms with Gasteiger partial charge in [0, 0.05) is 5.39 Å². The van der Waals surface area contributed by atoms with Crippen molar-refractivity contribution >= 4 is 26.7 Å². The molecule has 1 aromatic heterocycles. The third-order valence-corrected chi connectivity index (χ3v) is 5.47. The van der Waals surface area contributed by atoms with Gasteiger partial charge in [-0.05, 0) is 25.5 Å². The summed E-state index contributed by atoms with van der Waals surface area (Å²) in [5.74, 6) is -0.0758. The Labute approximate surface area is 116 Å². The van der Waals surface area contributed by atoms with Crippen molar-refractivity contribution in [1.29, 1.82) is 0 Å². The smallest absolute Gasteiger partial charge is 0.287 e. The molecule has 1 atom stereocenters.